The molecule has 27 heavy (non-hydrogen) atoms. The summed E-state index contributed by atoms with van der Waals surface area (Å²) < 4.78 is 0. The van der Waals surface area contributed by atoms with E-state index < -0.39 is 12.1 Å². The molecule has 1 rings (SSSR count). The molecule has 0 saturated heterocycles. The van der Waals surface area contributed by atoms with Gasteiger partial charge in [0.2, 0.25) is 0 Å². The summed E-state index contributed by atoms with van der Waals surface area (Å²) in [6, 6.07) is 0. The van der Waals surface area contributed by atoms with Crippen LogP contribution >= 0.6 is 0 Å². The van der Waals surface area contributed by atoms with E-state index in [2.05, 4.69) is 33.8 Å². The first-order valence-electron chi connectivity index (χ1n) is 10.4. The molecule has 1 aliphatic carbocycles. The van der Waals surface area contributed by atoms with E-state index in [1.807, 2.05) is 18.2 Å². The van der Waals surface area contributed by atoms with E-state index in [1.54, 1.807) is 0 Å². The zero-order valence-corrected chi connectivity index (χ0v) is 17.5. The molecule has 0 bridgehead atoms. The second-order valence-corrected chi connectivity index (χ2v) is 8.75. The Morgan fingerprint density at radius 1 is 1.30 bits per heavy atom. The maximum absolute atomic E-state index is 12.4. The lowest BCUT2D eigenvalue weighted by molar-refractivity contribution is -0.137. The van der Waals surface area contributed by atoms with Crippen molar-refractivity contribution >= 4 is 11.8 Å². The van der Waals surface area contributed by atoms with E-state index in [4.69, 9.17) is 5.11 Å². The lowest BCUT2D eigenvalue weighted by Crippen LogP contribution is -2.28. The van der Waals surface area contributed by atoms with Gasteiger partial charge in [-0.2, -0.15) is 0 Å². The molecule has 4 heteroatoms. The van der Waals surface area contributed by atoms with E-state index >= 15 is 0 Å². The standard InChI is InChI=1S/C23H38O4/c1-5-6-15-23(3,4)21(25)14-13-18-17(2)16-20(24)19(18)11-9-7-8-10-12-22(26)27/h7,9,13-14,17-19,21,25H,5-6,8,10-12,15-16H2,1-4H3,(H,26,27)/b9-7+,14-13+/t17-,18?,19-,21+/m0/s1. The highest BCUT2D eigenvalue weighted by Gasteiger charge is 2.38. The van der Waals surface area contributed by atoms with Crippen LogP contribution in [0.15, 0.2) is 24.3 Å². The Morgan fingerprint density at radius 3 is 2.63 bits per heavy atom. The summed E-state index contributed by atoms with van der Waals surface area (Å²) in [5, 5.41) is 19.2. The summed E-state index contributed by atoms with van der Waals surface area (Å²) in [6.45, 7) is 8.46. The van der Waals surface area contributed by atoms with Gasteiger partial charge in [0, 0.05) is 18.8 Å². The quantitative estimate of drug-likeness (QED) is 0.363. The van der Waals surface area contributed by atoms with E-state index in [0.29, 0.717) is 31.0 Å². The van der Waals surface area contributed by atoms with Crippen LogP contribution in [0, 0.1) is 23.2 Å². The number of aliphatic hydroxyl groups is 1. The van der Waals surface area contributed by atoms with Crippen LogP contribution in [0.3, 0.4) is 0 Å². The third-order valence-corrected chi connectivity index (χ3v) is 5.87. The number of unbranched alkanes of at least 4 members (excludes halogenated alkanes) is 2. The van der Waals surface area contributed by atoms with Crippen LogP contribution in [-0.2, 0) is 9.59 Å². The molecule has 0 spiro atoms. The molecule has 1 fully saturated rings. The number of carboxylic acid groups (broad SMARTS) is 1. The minimum absolute atomic E-state index is 0.0297. The van der Waals surface area contributed by atoms with Crippen molar-refractivity contribution < 1.29 is 19.8 Å². The van der Waals surface area contributed by atoms with Crippen molar-refractivity contribution in [2.24, 2.45) is 23.2 Å². The molecule has 1 aliphatic rings. The third-order valence-electron chi connectivity index (χ3n) is 5.87. The Labute approximate surface area is 164 Å². The minimum Gasteiger partial charge on any atom is -0.481 e. The summed E-state index contributed by atoms with van der Waals surface area (Å²) in [7, 11) is 0. The van der Waals surface area contributed by atoms with Crippen molar-refractivity contribution in [3.05, 3.63) is 24.3 Å². The lowest BCUT2D eigenvalue weighted by atomic mass is 9.80. The van der Waals surface area contributed by atoms with Gasteiger partial charge >= 0.3 is 5.97 Å². The van der Waals surface area contributed by atoms with Crippen LogP contribution in [0.4, 0.5) is 0 Å². The summed E-state index contributed by atoms with van der Waals surface area (Å²) in [6.07, 6.45) is 13.5. The number of carbonyl (C=O) groups is 2. The van der Waals surface area contributed by atoms with Crippen LogP contribution in [0.2, 0.25) is 0 Å². The minimum atomic E-state index is -0.770. The van der Waals surface area contributed by atoms with Crippen molar-refractivity contribution in [1.29, 1.82) is 0 Å². The van der Waals surface area contributed by atoms with E-state index in [1.165, 1.54) is 0 Å². The number of hydrogen-bond acceptors (Lipinski definition) is 3. The van der Waals surface area contributed by atoms with Crippen molar-refractivity contribution in [3.63, 3.8) is 0 Å². The highest BCUT2D eigenvalue weighted by molar-refractivity contribution is 5.84. The zero-order chi connectivity index (χ0) is 20.4. The number of ketones is 1. The first-order chi connectivity index (χ1) is 12.7. The van der Waals surface area contributed by atoms with Gasteiger partial charge in [-0.3, -0.25) is 9.59 Å². The third kappa shape index (κ3) is 8.00. The number of aliphatic carboxylic acids is 1. The fraction of sp³-hybridized carbons (Fsp3) is 0.739. The predicted octanol–water partition coefficient (Wildman–Crippen LogP) is 5.16. The highest BCUT2D eigenvalue weighted by atomic mass is 16.4. The smallest absolute Gasteiger partial charge is 0.303 e. The Kier molecular flexibility index (Phi) is 10.00. The van der Waals surface area contributed by atoms with Crippen molar-refractivity contribution in [2.45, 2.75) is 85.2 Å². The topological polar surface area (TPSA) is 74.6 Å². The molecule has 0 aliphatic heterocycles. The van der Waals surface area contributed by atoms with Gasteiger partial charge in [-0.05, 0) is 42.9 Å². The van der Waals surface area contributed by atoms with E-state index in [9.17, 15) is 14.7 Å². The van der Waals surface area contributed by atoms with Crippen molar-refractivity contribution in [2.75, 3.05) is 0 Å². The molecule has 0 aromatic heterocycles. The maximum Gasteiger partial charge on any atom is 0.303 e. The summed E-state index contributed by atoms with van der Waals surface area (Å²) in [5.41, 5.74) is -0.155. The average molecular weight is 379 g/mol. The van der Waals surface area contributed by atoms with Crippen LogP contribution in [-0.4, -0.2) is 28.1 Å². The number of rotatable bonds is 12. The van der Waals surface area contributed by atoms with Crippen LogP contribution < -0.4 is 0 Å². The van der Waals surface area contributed by atoms with Gasteiger partial charge in [0.05, 0.1) is 6.10 Å². The molecule has 0 heterocycles. The fourth-order valence-corrected chi connectivity index (χ4v) is 3.83. The summed E-state index contributed by atoms with van der Waals surface area (Å²) in [4.78, 5) is 22.9. The molecular weight excluding hydrogens is 340 g/mol. The molecule has 1 unspecified atom stereocenters. The number of carbonyl (C=O) groups excluding carboxylic acids is 1. The Bertz CT molecular complexity index is 532. The fourth-order valence-electron chi connectivity index (χ4n) is 3.83. The Balaban J connectivity index is 2.63. The van der Waals surface area contributed by atoms with Gasteiger partial charge in [-0.25, -0.2) is 0 Å². The number of aliphatic hydroxyl groups excluding tert-OH is 1. The Hall–Kier alpha value is -1.42. The maximum atomic E-state index is 12.4. The molecule has 154 valence electrons. The van der Waals surface area contributed by atoms with Crippen molar-refractivity contribution in [1.82, 2.24) is 0 Å². The molecule has 2 N–H and O–H groups in total. The summed E-state index contributed by atoms with van der Waals surface area (Å²) in [5.74, 6) is -0.0401. The van der Waals surface area contributed by atoms with Gasteiger partial charge < -0.3 is 10.2 Å². The SMILES string of the molecule is CCCCC(C)(C)[C@H](O)/C=C/C1[C@H](C/C=C/CCCC(=O)O)C(=O)C[C@@H]1C. The average Bonchev–Trinajstić information content (AvgIpc) is 2.86. The van der Waals surface area contributed by atoms with E-state index in [0.717, 1.165) is 25.7 Å². The van der Waals surface area contributed by atoms with Gasteiger partial charge in [-0.1, -0.05) is 64.8 Å². The number of hydrogen-bond donors (Lipinski definition) is 2. The molecular formula is C23H38O4. The zero-order valence-electron chi connectivity index (χ0n) is 17.5. The number of allylic oxidation sites excluding steroid dienone is 3. The van der Waals surface area contributed by atoms with Crippen LogP contribution in [0.25, 0.3) is 0 Å². The second-order valence-electron chi connectivity index (χ2n) is 8.75. The molecule has 0 aromatic rings. The first-order valence-corrected chi connectivity index (χ1v) is 10.4. The van der Waals surface area contributed by atoms with Crippen LogP contribution in [0.1, 0.15) is 79.1 Å². The lowest BCUT2D eigenvalue weighted by Gasteiger charge is -2.29. The van der Waals surface area contributed by atoms with Gasteiger partial charge in [0.1, 0.15) is 5.78 Å². The van der Waals surface area contributed by atoms with Gasteiger partial charge in [0.15, 0.2) is 0 Å². The molecule has 0 aromatic carbocycles. The molecule has 4 nitrogen and oxygen atoms in total. The second kappa shape index (κ2) is 11.4. The molecule has 4 atom stereocenters. The first kappa shape index (κ1) is 23.6. The van der Waals surface area contributed by atoms with Crippen LogP contribution in [0.5, 0.6) is 0 Å². The normalized spacial score (nSPS) is 24.9. The molecule has 0 radical (unpaired) electrons. The largest absolute Gasteiger partial charge is 0.481 e. The molecule has 0 amide bonds. The number of carboxylic acids is 1. The number of Topliss-reactive ketones (excluding diaryl/α,β-unsaturated/α-hetero) is 1. The monoisotopic (exact) mass is 378 g/mol. The van der Waals surface area contributed by atoms with Crippen molar-refractivity contribution in [3.8, 4) is 0 Å². The highest BCUT2D eigenvalue weighted by Crippen LogP contribution is 2.38. The van der Waals surface area contributed by atoms with Gasteiger partial charge in [-0.15, -0.1) is 0 Å². The Morgan fingerprint density at radius 2 is 2.00 bits per heavy atom. The van der Waals surface area contributed by atoms with Gasteiger partial charge in [0.25, 0.3) is 0 Å². The van der Waals surface area contributed by atoms with E-state index in [-0.39, 0.29) is 23.7 Å². The predicted molar refractivity (Wildman–Crippen MR) is 109 cm³/mol. The molecule has 1 saturated carbocycles. The summed E-state index contributed by atoms with van der Waals surface area (Å²) >= 11 is 0.